The Kier molecular flexibility index (Phi) is 6.16. The molecular weight excluding hydrogens is 186 g/mol. The molecule has 1 amide bonds. The molecule has 0 saturated carbocycles. The summed E-state index contributed by atoms with van der Waals surface area (Å²) in [5.74, 6) is -0.0898. The minimum atomic E-state index is -0.489. The second-order valence-corrected chi connectivity index (χ2v) is 4.16. The van der Waals surface area contributed by atoms with Crippen LogP contribution in [0, 0.1) is 5.92 Å². The molecule has 3 atom stereocenters. The lowest BCUT2D eigenvalue weighted by atomic mass is 10.0. The van der Waals surface area contributed by atoms with Crippen LogP contribution < -0.4 is 5.32 Å². The second-order valence-electron chi connectivity index (χ2n) is 3.35. The van der Waals surface area contributed by atoms with Crippen molar-refractivity contribution < 1.29 is 9.90 Å². The van der Waals surface area contributed by atoms with E-state index >= 15 is 0 Å². The standard InChI is InChI=1S/C9H19NO2S/c1-4-8(7(3)13)9(12)10-5-6(2)11/h6-8,11,13H,4-5H2,1-3H3,(H,10,12). The van der Waals surface area contributed by atoms with Gasteiger partial charge in [0.15, 0.2) is 0 Å². The molecule has 13 heavy (non-hydrogen) atoms. The second kappa shape index (κ2) is 6.27. The summed E-state index contributed by atoms with van der Waals surface area (Å²) in [6.45, 7) is 5.82. The summed E-state index contributed by atoms with van der Waals surface area (Å²) >= 11 is 4.23. The average Bonchev–Trinajstić information content (AvgIpc) is 2.01. The van der Waals surface area contributed by atoms with Crippen LogP contribution in [0.2, 0.25) is 0 Å². The highest BCUT2D eigenvalue weighted by atomic mass is 32.1. The smallest absolute Gasteiger partial charge is 0.224 e. The van der Waals surface area contributed by atoms with Crippen molar-refractivity contribution in [2.45, 2.75) is 38.5 Å². The Hall–Kier alpha value is -0.220. The first kappa shape index (κ1) is 12.8. The van der Waals surface area contributed by atoms with Gasteiger partial charge in [-0.1, -0.05) is 13.8 Å². The number of aliphatic hydroxyl groups is 1. The molecule has 3 unspecified atom stereocenters. The summed E-state index contributed by atoms with van der Waals surface area (Å²) in [5, 5.41) is 11.7. The largest absolute Gasteiger partial charge is 0.392 e. The molecule has 78 valence electrons. The lowest BCUT2D eigenvalue weighted by molar-refractivity contribution is -0.125. The van der Waals surface area contributed by atoms with Crippen LogP contribution in [-0.4, -0.2) is 28.9 Å². The predicted octanol–water partition coefficient (Wildman–Crippen LogP) is 0.828. The van der Waals surface area contributed by atoms with Crippen LogP contribution in [0.4, 0.5) is 0 Å². The lowest BCUT2D eigenvalue weighted by Crippen LogP contribution is -2.38. The molecule has 4 heteroatoms. The average molecular weight is 205 g/mol. The van der Waals surface area contributed by atoms with Crippen molar-refractivity contribution in [2.24, 2.45) is 5.92 Å². The van der Waals surface area contributed by atoms with Crippen LogP contribution >= 0.6 is 12.6 Å². The summed E-state index contributed by atoms with van der Waals surface area (Å²) in [6, 6.07) is 0. The Balaban J connectivity index is 3.92. The van der Waals surface area contributed by atoms with E-state index in [4.69, 9.17) is 5.11 Å². The zero-order valence-corrected chi connectivity index (χ0v) is 9.34. The van der Waals surface area contributed by atoms with Crippen LogP contribution in [0.25, 0.3) is 0 Å². The minimum absolute atomic E-state index is 0.0223. The molecule has 0 fully saturated rings. The maximum Gasteiger partial charge on any atom is 0.224 e. The third-order valence-corrected chi connectivity index (χ3v) is 2.29. The molecule has 3 nitrogen and oxygen atoms in total. The molecular formula is C9H19NO2S. The summed E-state index contributed by atoms with van der Waals surface area (Å²) in [5.41, 5.74) is 0. The Morgan fingerprint density at radius 1 is 1.54 bits per heavy atom. The maximum absolute atomic E-state index is 11.4. The number of carbonyl (C=O) groups excluding carboxylic acids is 1. The molecule has 0 heterocycles. The highest BCUT2D eigenvalue weighted by Gasteiger charge is 2.20. The van der Waals surface area contributed by atoms with Crippen LogP contribution in [0.5, 0.6) is 0 Å². The quantitative estimate of drug-likeness (QED) is 0.582. The molecule has 0 aromatic rings. The van der Waals surface area contributed by atoms with Crippen LogP contribution in [0.1, 0.15) is 27.2 Å². The van der Waals surface area contributed by atoms with Crippen molar-refractivity contribution in [3.8, 4) is 0 Å². The number of rotatable bonds is 5. The Morgan fingerprint density at radius 2 is 2.08 bits per heavy atom. The zero-order chi connectivity index (χ0) is 10.4. The van der Waals surface area contributed by atoms with Gasteiger partial charge in [0, 0.05) is 17.7 Å². The normalized spacial score (nSPS) is 17.6. The fraction of sp³-hybridized carbons (Fsp3) is 0.889. The first-order valence-electron chi connectivity index (χ1n) is 4.62. The minimum Gasteiger partial charge on any atom is -0.392 e. The number of carbonyl (C=O) groups is 1. The molecule has 0 spiro atoms. The fourth-order valence-electron chi connectivity index (χ4n) is 1.12. The van der Waals surface area contributed by atoms with Gasteiger partial charge < -0.3 is 10.4 Å². The number of amides is 1. The van der Waals surface area contributed by atoms with E-state index in [1.807, 2.05) is 13.8 Å². The van der Waals surface area contributed by atoms with Crippen molar-refractivity contribution >= 4 is 18.5 Å². The number of nitrogens with one attached hydrogen (secondary N) is 1. The van der Waals surface area contributed by atoms with Crippen molar-refractivity contribution in [3.05, 3.63) is 0 Å². The molecule has 0 saturated heterocycles. The number of hydrogen-bond acceptors (Lipinski definition) is 3. The van der Waals surface area contributed by atoms with E-state index in [9.17, 15) is 4.79 Å². The Bertz CT molecular complexity index is 160. The van der Waals surface area contributed by atoms with Gasteiger partial charge in [-0.3, -0.25) is 4.79 Å². The fourth-order valence-corrected chi connectivity index (χ4v) is 1.47. The van der Waals surface area contributed by atoms with Crippen LogP contribution in [-0.2, 0) is 4.79 Å². The van der Waals surface area contributed by atoms with Gasteiger partial charge in [-0.15, -0.1) is 0 Å². The first-order valence-corrected chi connectivity index (χ1v) is 5.14. The summed E-state index contributed by atoms with van der Waals surface area (Å²) in [4.78, 5) is 11.4. The molecule has 0 radical (unpaired) electrons. The number of hydrogen-bond donors (Lipinski definition) is 3. The Morgan fingerprint density at radius 3 is 2.38 bits per heavy atom. The van der Waals surface area contributed by atoms with Crippen LogP contribution in [0.15, 0.2) is 0 Å². The van der Waals surface area contributed by atoms with Crippen molar-refractivity contribution in [1.82, 2.24) is 5.32 Å². The van der Waals surface area contributed by atoms with E-state index in [1.165, 1.54) is 0 Å². The SMILES string of the molecule is CCC(C(=O)NCC(C)O)C(C)S. The van der Waals surface area contributed by atoms with Gasteiger partial charge in [-0.25, -0.2) is 0 Å². The third kappa shape index (κ3) is 5.16. The van der Waals surface area contributed by atoms with Gasteiger partial charge in [0.05, 0.1) is 6.10 Å². The van der Waals surface area contributed by atoms with E-state index < -0.39 is 6.10 Å². The van der Waals surface area contributed by atoms with Gasteiger partial charge in [-0.2, -0.15) is 12.6 Å². The van der Waals surface area contributed by atoms with E-state index in [-0.39, 0.29) is 17.1 Å². The number of aliphatic hydroxyl groups excluding tert-OH is 1. The molecule has 0 rings (SSSR count). The summed E-state index contributed by atoms with van der Waals surface area (Å²) in [6.07, 6.45) is 0.285. The monoisotopic (exact) mass is 205 g/mol. The molecule has 0 aromatic heterocycles. The van der Waals surface area contributed by atoms with Gasteiger partial charge in [0.1, 0.15) is 0 Å². The summed E-state index contributed by atoms with van der Waals surface area (Å²) in [7, 11) is 0. The Labute approximate surface area is 85.3 Å². The number of thiol groups is 1. The van der Waals surface area contributed by atoms with E-state index in [2.05, 4.69) is 17.9 Å². The molecule has 0 aliphatic rings. The molecule has 2 N–H and O–H groups in total. The van der Waals surface area contributed by atoms with Gasteiger partial charge in [-0.05, 0) is 13.3 Å². The topological polar surface area (TPSA) is 49.3 Å². The van der Waals surface area contributed by atoms with Gasteiger partial charge in [0.2, 0.25) is 5.91 Å². The molecule has 0 aliphatic heterocycles. The van der Waals surface area contributed by atoms with E-state index in [0.717, 1.165) is 6.42 Å². The predicted molar refractivity (Wildman–Crippen MR) is 56.9 cm³/mol. The molecule has 0 aliphatic carbocycles. The van der Waals surface area contributed by atoms with Crippen molar-refractivity contribution in [2.75, 3.05) is 6.54 Å². The molecule has 0 aromatic carbocycles. The third-order valence-electron chi connectivity index (χ3n) is 1.93. The highest BCUT2D eigenvalue weighted by Crippen LogP contribution is 2.13. The lowest BCUT2D eigenvalue weighted by Gasteiger charge is -2.18. The molecule has 0 bridgehead atoms. The maximum atomic E-state index is 11.4. The van der Waals surface area contributed by atoms with E-state index in [1.54, 1.807) is 6.92 Å². The van der Waals surface area contributed by atoms with E-state index in [0.29, 0.717) is 6.54 Å². The van der Waals surface area contributed by atoms with Gasteiger partial charge in [0.25, 0.3) is 0 Å². The van der Waals surface area contributed by atoms with Crippen molar-refractivity contribution in [1.29, 1.82) is 0 Å². The van der Waals surface area contributed by atoms with Gasteiger partial charge >= 0.3 is 0 Å². The van der Waals surface area contributed by atoms with Crippen molar-refractivity contribution in [3.63, 3.8) is 0 Å². The van der Waals surface area contributed by atoms with Crippen LogP contribution in [0.3, 0.4) is 0 Å². The summed E-state index contributed by atoms with van der Waals surface area (Å²) < 4.78 is 0. The highest BCUT2D eigenvalue weighted by molar-refractivity contribution is 7.81. The first-order chi connectivity index (χ1) is 5.99. The zero-order valence-electron chi connectivity index (χ0n) is 8.45.